The zero-order valence-corrected chi connectivity index (χ0v) is 14.5. The fourth-order valence-electron chi connectivity index (χ4n) is 3.14. The summed E-state index contributed by atoms with van der Waals surface area (Å²) in [5, 5.41) is 7.11. The van der Waals surface area contributed by atoms with Gasteiger partial charge in [0.1, 0.15) is 0 Å². The van der Waals surface area contributed by atoms with E-state index >= 15 is 0 Å². The van der Waals surface area contributed by atoms with Crippen molar-refractivity contribution in [3.63, 3.8) is 0 Å². The number of benzene rings is 1. The quantitative estimate of drug-likeness (QED) is 0.637. The molecule has 0 aliphatic carbocycles. The number of anilines is 1. The Bertz CT molecular complexity index is 553. The Morgan fingerprint density at radius 1 is 1.35 bits per heavy atom. The first-order valence-electron chi connectivity index (χ1n) is 8.37. The van der Waals surface area contributed by atoms with Gasteiger partial charge in [0.2, 0.25) is 6.79 Å². The molecule has 2 aliphatic rings. The molecule has 1 aromatic rings. The van der Waals surface area contributed by atoms with E-state index in [4.69, 9.17) is 21.7 Å². The summed E-state index contributed by atoms with van der Waals surface area (Å²) in [6.45, 7) is 7.14. The summed E-state index contributed by atoms with van der Waals surface area (Å²) >= 11 is 5.34. The van der Waals surface area contributed by atoms with Crippen LogP contribution in [-0.2, 0) is 0 Å². The molecule has 1 aromatic carbocycles. The van der Waals surface area contributed by atoms with Crippen LogP contribution in [0.4, 0.5) is 5.69 Å². The van der Waals surface area contributed by atoms with Gasteiger partial charge >= 0.3 is 0 Å². The minimum atomic E-state index is 0.288. The number of fused-ring (bicyclic) bond motifs is 1. The number of rotatable bonds is 5. The standard InChI is InChI=1S/C17H25N3O2S/c1-13-4-2-8-20(11-13)9-3-7-18-17(23)19-14-5-6-15-16(10-14)22-12-21-15/h5-6,10,13H,2-4,7-9,11-12H2,1H3,(H2,18,19,23)/t13-/m0/s1. The largest absolute Gasteiger partial charge is 0.454 e. The van der Waals surface area contributed by atoms with E-state index in [2.05, 4.69) is 22.5 Å². The van der Waals surface area contributed by atoms with Gasteiger partial charge in [-0.15, -0.1) is 0 Å². The van der Waals surface area contributed by atoms with Gasteiger partial charge in [-0.05, 0) is 62.6 Å². The van der Waals surface area contributed by atoms with Gasteiger partial charge in [0, 0.05) is 24.8 Å². The van der Waals surface area contributed by atoms with Crippen LogP contribution < -0.4 is 20.1 Å². The molecule has 2 N–H and O–H groups in total. The molecule has 0 aromatic heterocycles. The fraction of sp³-hybridized carbons (Fsp3) is 0.588. The van der Waals surface area contributed by atoms with Gasteiger partial charge in [-0.2, -0.15) is 0 Å². The van der Waals surface area contributed by atoms with E-state index in [1.807, 2.05) is 18.2 Å². The number of ether oxygens (including phenoxy) is 2. The summed E-state index contributed by atoms with van der Waals surface area (Å²) in [4.78, 5) is 2.56. The van der Waals surface area contributed by atoms with E-state index in [0.29, 0.717) is 5.11 Å². The highest BCUT2D eigenvalue weighted by Crippen LogP contribution is 2.34. The van der Waals surface area contributed by atoms with Crippen molar-refractivity contribution >= 4 is 23.0 Å². The molecule has 1 atom stereocenters. The number of nitrogens with one attached hydrogen (secondary N) is 2. The van der Waals surface area contributed by atoms with Gasteiger partial charge in [-0.25, -0.2) is 0 Å². The maximum Gasteiger partial charge on any atom is 0.231 e. The first kappa shape index (κ1) is 16.3. The van der Waals surface area contributed by atoms with Crippen molar-refractivity contribution in [3.8, 4) is 11.5 Å². The molecule has 0 saturated carbocycles. The highest BCUT2D eigenvalue weighted by atomic mass is 32.1. The van der Waals surface area contributed by atoms with Gasteiger partial charge in [0.05, 0.1) is 0 Å². The Morgan fingerprint density at radius 3 is 3.09 bits per heavy atom. The lowest BCUT2D eigenvalue weighted by Crippen LogP contribution is -2.37. The molecule has 1 fully saturated rings. The Hall–Kier alpha value is -1.53. The van der Waals surface area contributed by atoms with E-state index < -0.39 is 0 Å². The summed E-state index contributed by atoms with van der Waals surface area (Å²) in [7, 11) is 0. The Balaban J connectivity index is 1.35. The van der Waals surface area contributed by atoms with Crippen LogP contribution in [0.3, 0.4) is 0 Å². The van der Waals surface area contributed by atoms with Crippen LogP contribution in [0.15, 0.2) is 18.2 Å². The molecule has 0 unspecified atom stereocenters. The van der Waals surface area contributed by atoms with Gasteiger partial charge in [-0.1, -0.05) is 6.92 Å². The second-order valence-electron chi connectivity index (χ2n) is 6.35. The molecule has 5 nitrogen and oxygen atoms in total. The number of thiocarbonyl (C=S) groups is 1. The van der Waals surface area contributed by atoms with E-state index in [1.165, 1.54) is 25.9 Å². The number of likely N-dealkylation sites (tertiary alicyclic amines) is 1. The number of hydrogen-bond donors (Lipinski definition) is 2. The summed E-state index contributed by atoms with van der Waals surface area (Å²) < 4.78 is 10.7. The zero-order valence-electron chi connectivity index (χ0n) is 13.6. The van der Waals surface area contributed by atoms with Crippen molar-refractivity contribution in [2.24, 2.45) is 5.92 Å². The molecule has 126 valence electrons. The van der Waals surface area contributed by atoms with Crippen molar-refractivity contribution in [2.75, 3.05) is 38.3 Å². The van der Waals surface area contributed by atoms with Crippen LogP contribution in [0.1, 0.15) is 26.2 Å². The summed E-state index contributed by atoms with van der Waals surface area (Å²) in [6, 6.07) is 5.74. The van der Waals surface area contributed by atoms with Crippen LogP contribution in [0.25, 0.3) is 0 Å². The molecule has 23 heavy (non-hydrogen) atoms. The van der Waals surface area contributed by atoms with Crippen LogP contribution in [0.2, 0.25) is 0 Å². The lowest BCUT2D eigenvalue weighted by Gasteiger charge is -2.30. The van der Waals surface area contributed by atoms with E-state index in [1.54, 1.807) is 0 Å². The smallest absolute Gasteiger partial charge is 0.231 e. The zero-order chi connectivity index (χ0) is 16.1. The van der Waals surface area contributed by atoms with E-state index in [-0.39, 0.29) is 6.79 Å². The first-order chi connectivity index (χ1) is 11.2. The van der Waals surface area contributed by atoms with Crippen molar-refractivity contribution in [1.82, 2.24) is 10.2 Å². The van der Waals surface area contributed by atoms with Crippen molar-refractivity contribution < 1.29 is 9.47 Å². The number of hydrogen-bond acceptors (Lipinski definition) is 4. The monoisotopic (exact) mass is 335 g/mol. The molecule has 1 saturated heterocycles. The minimum absolute atomic E-state index is 0.288. The van der Waals surface area contributed by atoms with Gasteiger partial charge in [-0.3, -0.25) is 0 Å². The Morgan fingerprint density at radius 2 is 2.22 bits per heavy atom. The van der Waals surface area contributed by atoms with Crippen LogP contribution in [-0.4, -0.2) is 43.0 Å². The number of piperidine rings is 1. The second kappa shape index (κ2) is 7.84. The fourth-order valence-corrected chi connectivity index (χ4v) is 3.36. The third-order valence-electron chi connectivity index (χ3n) is 4.31. The molecule has 0 radical (unpaired) electrons. The van der Waals surface area contributed by atoms with Gasteiger partial charge in [0.25, 0.3) is 0 Å². The SMILES string of the molecule is C[C@H]1CCCN(CCCNC(=S)Nc2ccc3c(c2)OCO3)C1. The molecular weight excluding hydrogens is 310 g/mol. The topological polar surface area (TPSA) is 45.8 Å². The Kier molecular flexibility index (Phi) is 5.56. The van der Waals surface area contributed by atoms with E-state index in [9.17, 15) is 0 Å². The van der Waals surface area contributed by atoms with Crippen molar-refractivity contribution in [1.29, 1.82) is 0 Å². The predicted molar refractivity (Wildman–Crippen MR) is 96.2 cm³/mol. The molecule has 2 aliphatic heterocycles. The van der Waals surface area contributed by atoms with Gasteiger partial charge in [0.15, 0.2) is 16.6 Å². The van der Waals surface area contributed by atoms with Gasteiger partial charge < -0.3 is 25.0 Å². The predicted octanol–water partition coefficient (Wildman–Crippen LogP) is 2.82. The minimum Gasteiger partial charge on any atom is -0.454 e. The first-order valence-corrected chi connectivity index (χ1v) is 8.78. The average molecular weight is 335 g/mol. The van der Waals surface area contributed by atoms with Crippen molar-refractivity contribution in [2.45, 2.75) is 26.2 Å². The van der Waals surface area contributed by atoms with Crippen molar-refractivity contribution in [3.05, 3.63) is 18.2 Å². The van der Waals surface area contributed by atoms with Crippen LogP contribution in [0.5, 0.6) is 11.5 Å². The highest BCUT2D eigenvalue weighted by Gasteiger charge is 2.15. The molecule has 2 heterocycles. The molecular formula is C17H25N3O2S. The summed E-state index contributed by atoms with van der Waals surface area (Å²) in [5.41, 5.74) is 0.914. The maximum absolute atomic E-state index is 5.36. The Labute approximate surface area is 143 Å². The molecule has 6 heteroatoms. The lowest BCUT2D eigenvalue weighted by molar-refractivity contribution is 0.174. The summed E-state index contributed by atoms with van der Waals surface area (Å²) in [6.07, 6.45) is 3.81. The molecule has 0 spiro atoms. The average Bonchev–Trinajstić information content (AvgIpc) is 2.99. The third-order valence-corrected chi connectivity index (χ3v) is 4.55. The number of nitrogens with zero attached hydrogens (tertiary/aromatic N) is 1. The summed E-state index contributed by atoms with van der Waals surface area (Å²) in [5.74, 6) is 2.38. The third kappa shape index (κ3) is 4.72. The normalized spacial score (nSPS) is 20.3. The van der Waals surface area contributed by atoms with E-state index in [0.717, 1.165) is 42.6 Å². The molecule has 3 rings (SSSR count). The van der Waals surface area contributed by atoms with Crippen LogP contribution >= 0.6 is 12.2 Å². The second-order valence-corrected chi connectivity index (χ2v) is 6.76. The molecule has 0 amide bonds. The lowest BCUT2D eigenvalue weighted by atomic mass is 10.0. The molecule has 0 bridgehead atoms. The highest BCUT2D eigenvalue weighted by molar-refractivity contribution is 7.80. The van der Waals surface area contributed by atoms with Crippen LogP contribution in [0, 0.1) is 5.92 Å². The maximum atomic E-state index is 5.36.